The van der Waals surface area contributed by atoms with Gasteiger partial charge < -0.3 is 4.74 Å². The smallest absolute Gasteiger partial charge is 0.284 e. The summed E-state index contributed by atoms with van der Waals surface area (Å²) in [5.74, 6) is 1.34. The molecule has 2 rings (SSSR count). The minimum Gasteiger partial charge on any atom is -0.483 e. The van der Waals surface area contributed by atoms with Gasteiger partial charge in [-0.05, 0) is 71.3 Å². The van der Waals surface area contributed by atoms with Crippen LogP contribution in [0.25, 0.3) is 0 Å². The standard InChI is InChI=1S/C20H27BrN2O2/c1-7-13(4)20-14(5)22-23(15(20)6)19(24)11-25-18-9-8-16(12(2)3)10-17(18)21/h8-10,12-13H,7,11H2,1-6H3. The van der Waals surface area contributed by atoms with Crippen molar-refractivity contribution in [3.63, 3.8) is 0 Å². The van der Waals surface area contributed by atoms with Crippen molar-refractivity contribution in [2.75, 3.05) is 6.61 Å². The van der Waals surface area contributed by atoms with Gasteiger partial charge in [-0.15, -0.1) is 0 Å². The summed E-state index contributed by atoms with van der Waals surface area (Å²) in [6.45, 7) is 12.5. The molecule has 0 saturated heterocycles. The van der Waals surface area contributed by atoms with Gasteiger partial charge >= 0.3 is 0 Å². The van der Waals surface area contributed by atoms with Crippen LogP contribution in [0.4, 0.5) is 0 Å². The number of aromatic nitrogens is 2. The molecular weight excluding hydrogens is 380 g/mol. The molecule has 5 heteroatoms. The van der Waals surface area contributed by atoms with Crippen LogP contribution < -0.4 is 4.74 Å². The van der Waals surface area contributed by atoms with E-state index in [1.807, 2.05) is 32.0 Å². The average Bonchev–Trinajstić information content (AvgIpc) is 2.87. The summed E-state index contributed by atoms with van der Waals surface area (Å²) >= 11 is 3.52. The summed E-state index contributed by atoms with van der Waals surface area (Å²) in [7, 11) is 0. The van der Waals surface area contributed by atoms with Gasteiger partial charge in [0.2, 0.25) is 0 Å². The van der Waals surface area contributed by atoms with E-state index in [1.54, 1.807) is 0 Å². The molecule has 4 nitrogen and oxygen atoms in total. The average molecular weight is 407 g/mol. The highest BCUT2D eigenvalue weighted by Crippen LogP contribution is 2.29. The molecule has 25 heavy (non-hydrogen) atoms. The number of rotatable bonds is 6. The van der Waals surface area contributed by atoms with Crippen molar-refractivity contribution < 1.29 is 9.53 Å². The molecule has 0 aliphatic carbocycles. The van der Waals surface area contributed by atoms with Crippen LogP contribution in [-0.2, 0) is 0 Å². The number of benzene rings is 1. The van der Waals surface area contributed by atoms with Crippen LogP contribution in [0.15, 0.2) is 22.7 Å². The minimum atomic E-state index is -0.157. The van der Waals surface area contributed by atoms with Crippen LogP contribution in [-0.4, -0.2) is 22.3 Å². The van der Waals surface area contributed by atoms with Crippen molar-refractivity contribution in [3.05, 3.63) is 45.2 Å². The summed E-state index contributed by atoms with van der Waals surface area (Å²) < 4.78 is 8.06. The number of nitrogens with zero attached hydrogens (tertiary/aromatic N) is 2. The number of hydrogen-bond donors (Lipinski definition) is 0. The SMILES string of the molecule is CCC(C)c1c(C)nn(C(=O)COc2ccc(C(C)C)cc2Br)c1C. The Bertz CT molecular complexity index is 765. The Hall–Kier alpha value is -1.62. The predicted molar refractivity (Wildman–Crippen MR) is 105 cm³/mol. The molecule has 136 valence electrons. The van der Waals surface area contributed by atoms with Gasteiger partial charge in [0.25, 0.3) is 5.91 Å². The van der Waals surface area contributed by atoms with E-state index in [9.17, 15) is 4.79 Å². The van der Waals surface area contributed by atoms with E-state index in [0.717, 1.165) is 22.3 Å². The summed E-state index contributed by atoms with van der Waals surface area (Å²) in [6.07, 6.45) is 1.02. The zero-order chi connectivity index (χ0) is 18.7. The van der Waals surface area contributed by atoms with Gasteiger partial charge in [-0.1, -0.05) is 33.8 Å². The van der Waals surface area contributed by atoms with Gasteiger partial charge in [-0.25, -0.2) is 4.68 Å². The molecule has 0 radical (unpaired) electrons. The second-order valence-electron chi connectivity index (χ2n) is 6.83. The molecule has 1 aromatic carbocycles. The van der Waals surface area contributed by atoms with Crippen LogP contribution in [0, 0.1) is 13.8 Å². The van der Waals surface area contributed by atoms with E-state index in [-0.39, 0.29) is 12.5 Å². The van der Waals surface area contributed by atoms with Gasteiger partial charge in [0, 0.05) is 5.69 Å². The zero-order valence-electron chi connectivity index (χ0n) is 15.9. The molecule has 1 aromatic heterocycles. The van der Waals surface area contributed by atoms with E-state index < -0.39 is 0 Å². The van der Waals surface area contributed by atoms with Crippen LogP contribution in [0.3, 0.4) is 0 Å². The van der Waals surface area contributed by atoms with Gasteiger partial charge in [-0.3, -0.25) is 4.79 Å². The zero-order valence-corrected chi connectivity index (χ0v) is 17.5. The van der Waals surface area contributed by atoms with E-state index >= 15 is 0 Å². The second kappa shape index (κ2) is 8.17. The van der Waals surface area contributed by atoms with Crippen LogP contribution in [0.5, 0.6) is 5.75 Å². The molecule has 0 amide bonds. The number of halogens is 1. The monoisotopic (exact) mass is 406 g/mol. The first-order valence-electron chi connectivity index (χ1n) is 8.77. The Kier molecular flexibility index (Phi) is 6.44. The van der Waals surface area contributed by atoms with Crippen molar-refractivity contribution in [3.8, 4) is 5.75 Å². The Balaban J connectivity index is 2.14. The lowest BCUT2D eigenvalue weighted by atomic mass is 9.97. The molecule has 0 spiro atoms. The number of hydrogen-bond acceptors (Lipinski definition) is 3. The van der Waals surface area contributed by atoms with Crippen LogP contribution in [0.2, 0.25) is 0 Å². The van der Waals surface area contributed by atoms with Crippen molar-refractivity contribution >= 4 is 21.8 Å². The summed E-state index contributed by atoms with van der Waals surface area (Å²) in [5.41, 5.74) is 4.22. The maximum Gasteiger partial charge on any atom is 0.284 e. The van der Waals surface area contributed by atoms with Gasteiger partial charge in [-0.2, -0.15) is 5.10 Å². The van der Waals surface area contributed by atoms with Gasteiger partial charge in [0.05, 0.1) is 10.2 Å². The molecule has 0 bridgehead atoms. The molecule has 1 heterocycles. The lowest BCUT2D eigenvalue weighted by Crippen LogP contribution is -2.22. The van der Waals surface area contributed by atoms with E-state index in [1.165, 1.54) is 15.8 Å². The van der Waals surface area contributed by atoms with Crippen molar-refractivity contribution in [2.24, 2.45) is 0 Å². The highest BCUT2D eigenvalue weighted by molar-refractivity contribution is 9.10. The molecule has 1 atom stereocenters. The normalized spacial score (nSPS) is 12.5. The minimum absolute atomic E-state index is 0.0401. The van der Waals surface area contributed by atoms with Crippen LogP contribution in [0.1, 0.15) is 73.3 Å². The van der Waals surface area contributed by atoms with E-state index in [0.29, 0.717) is 17.6 Å². The third kappa shape index (κ3) is 4.32. The topological polar surface area (TPSA) is 44.1 Å². The second-order valence-corrected chi connectivity index (χ2v) is 7.69. The number of aryl methyl sites for hydroxylation is 1. The fourth-order valence-electron chi connectivity index (χ4n) is 3.01. The largest absolute Gasteiger partial charge is 0.483 e. The summed E-state index contributed by atoms with van der Waals surface area (Å²) in [6, 6.07) is 5.97. The Morgan fingerprint density at radius 1 is 1.28 bits per heavy atom. The van der Waals surface area contributed by atoms with Crippen molar-refractivity contribution in [2.45, 2.75) is 59.8 Å². The fraction of sp³-hybridized carbons (Fsp3) is 0.500. The Morgan fingerprint density at radius 3 is 2.52 bits per heavy atom. The molecule has 0 fully saturated rings. The molecular formula is C20H27BrN2O2. The van der Waals surface area contributed by atoms with E-state index in [4.69, 9.17) is 4.74 Å². The summed E-state index contributed by atoms with van der Waals surface area (Å²) in [4.78, 5) is 12.6. The van der Waals surface area contributed by atoms with Crippen LogP contribution >= 0.6 is 15.9 Å². The van der Waals surface area contributed by atoms with Gasteiger partial charge in [0.15, 0.2) is 6.61 Å². The van der Waals surface area contributed by atoms with Crippen molar-refractivity contribution in [1.82, 2.24) is 9.78 Å². The molecule has 2 aromatic rings. The molecule has 0 saturated carbocycles. The third-order valence-corrected chi connectivity index (χ3v) is 5.28. The first-order chi connectivity index (χ1) is 11.8. The first-order valence-corrected chi connectivity index (χ1v) is 9.57. The number of carbonyl (C=O) groups is 1. The Morgan fingerprint density at radius 2 is 1.96 bits per heavy atom. The first kappa shape index (κ1) is 19.7. The molecule has 0 aliphatic rings. The lowest BCUT2D eigenvalue weighted by Gasteiger charge is -2.12. The third-order valence-electron chi connectivity index (χ3n) is 4.66. The highest BCUT2D eigenvalue weighted by atomic mass is 79.9. The van der Waals surface area contributed by atoms with Crippen molar-refractivity contribution in [1.29, 1.82) is 0 Å². The summed E-state index contributed by atoms with van der Waals surface area (Å²) in [5, 5.41) is 4.43. The van der Waals surface area contributed by atoms with Gasteiger partial charge in [0.1, 0.15) is 5.75 Å². The molecule has 0 N–H and O–H groups in total. The number of ether oxygens (including phenoxy) is 1. The molecule has 1 unspecified atom stereocenters. The lowest BCUT2D eigenvalue weighted by molar-refractivity contribution is 0.0817. The van der Waals surface area contributed by atoms with E-state index in [2.05, 4.69) is 48.7 Å². The highest BCUT2D eigenvalue weighted by Gasteiger charge is 2.20. The fourth-order valence-corrected chi connectivity index (χ4v) is 3.52. The predicted octanol–water partition coefficient (Wildman–Crippen LogP) is 5.62. The number of carbonyl (C=O) groups excluding carboxylic acids is 1. The maximum atomic E-state index is 12.6. The molecule has 0 aliphatic heterocycles. The quantitative estimate of drug-likeness (QED) is 0.625. The Labute approximate surface area is 158 Å². The maximum absolute atomic E-state index is 12.6.